The van der Waals surface area contributed by atoms with Gasteiger partial charge in [0, 0.05) is 31.7 Å². The van der Waals surface area contributed by atoms with Gasteiger partial charge in [0.15, 0.2) is 0 Å². The Hall–Kier alpha value is -3.23. The molecule has 0 radical (unpaired) electrons. The van der Waals surface area contributed by atoms with Crippen LogP contribution in [0.3, 0.4) is 0 Å². The molecular weight excluding hydrogens is 415 g/mol. The summed E-state index contributed by atoms with van der Waals surface area (Å²) in [4.78, 5) is 29.5. The Labute approximate surface area is 185 Å². The zero-order valence-corrected chi connectivity index (χ0v) is 17.8. The summed E-state index contributed by atoms with van der Waals surface area (Å²) < 4.78 is 24.6. The maximum atomic E-state index is 14.1. The summed E-state index contributed by atoms with van der Waals surface area (Å²) in [6.07, 6.45) is 0. The summed E-state index contributed by atoms with van der Waals surface area (Å²) in [5.74, 6) is -1.67. The second-order valence-electron chi connectivity index (χ2n) is 7.73. The number of hydrogen-bond acceptors (Lipinski definition) is 6. The van der Waals surface area contributed by atoms with Crippen molar-refractivity contribution in [2.24, 2.45) is 0 Å². The van der Waals surface area contributed by atoms with Gasteiger partial charge < -0.3 is 19.5 Å². The van der Waals surface area contributed by atoms with E-state index in [1.165, 1.54) is 30.2 Å². The van der Waals surface area contributed by atoms with Crippen LogP contribution in [0.2, 0.25) is 0 Å². The highest BCUT2D eigenvalue weighted by Crippen LogP contribution is 2.39. The summed E-state index contributed by atoms with van der Waals surface area (Å²) in [7, 11) is 1.53. The van der Waals surface area contributed by atoms with Gasteiger partial charge in [-0.3, -0.25) is 14.5 Å². The Morgan fingerprint density at radius 2 is 1.84 bits per heavy atom. The second kappa shape index (κ2) is 9.50. The van der Waals surface area contributed by atoms with Crippen LogP contribution in [0.4, 0.5) is 4.39 Å². The third-order valence-corrected chi connectivity index (χ3v) is 5.83. The van der Waals surface area contributed by atoms with E-state index in [4.69, 9.17) is 9.47 Å². The molecule has 4 rings (SSSR count). The molecule has 1 N–H and O–H groups in total. The molecule has 2 heterocycles. The van der Waals surface area contributed by atoms with E-state index < -0.39 is 23.5 Å². The van der Waals surface area contributed by atoms with Crippen LogP contribution in [0, 0.1) is 5.82 Å². The number of methoxy groups -OCH3 is 1. The smallest absolute Gasteiger partial charge is 0.295 e. The number of carbonyl (C=O) groups excluding carboxylic acids is 2. The molecule has 168 valence electrons. The third-order valence-electron chi connectivity index (χ3n) is 5.83. The lowest BCUT2D eigenvalue weighted by Crippen LogP contribution is -2.42. The van der Waals surface area contributed by atoms with Crippen molar-refractivity contribution in [3.8, 4) is 5.75 Å². The van der Waals surface area contributed by atoms with Gasteiger partial charge in [0.05, 0.1) is 31.9 Å². The molecule has 8 heteroatoms. The number of ether oxygens (including phenoxy) is 2. The van der Waals surface area contributed by atoms with Gasteiger partial charge in [0.25, 0.3) is 11.7 Å². The van der Waals surface area contributed by atoms with Crippen LogP contribution < -0.4 is 4.74 Å². The topological polar surface area (TPSA) is 79.3 Å². The molecule has 2 fully saturated rings. The van der Waals surface area contributed by atoms with Crippen LogP contribution in [-0.4, -0.2) is 73.1 Å². The van der Waals surface area contributed by atoms with Crippen molar-refractivity contribution < 1.29 is 28.6 Å². The molecule has 1 atom stereocenters. The van der Waals surface area contributed by atoms with Crippen LogP contribution in [0.15, 0.2) is 54.1 Å². The largest absolute Gasteiger partial charge is 0.507 e. The second-order valence-corrected chi connectivity index (χ2v) is 7.73. The summed E-state index contributed by atoms with van der Waals surface area (Å²) in [6, 6.07) is 11.4. The number of amides is 1. The fourth-order valence-electron chi connectivity index (χ4n) is 4.11. The Balaban J connectivity index is 1.73. The van der Waals surface area contributed by atoms with Crippen molar-refractivity contribution in [3.63, 3.8) is 0 Å². The molecule has 32 heavy (non-hydrogen) atoms. The highest BCUT2D eigenvalue weighted by molar-refractivity contribution is 6.46. The van der Waals surface area contributed by atoms with Crippen LogP contribution >= 0.6 is 0 Å². The van der Waals surface area contributed by atoms with Gasteiger partial charge in [-0.1, -0.05) is 12.1 Å². The van der Waals surface area contributed by atoms with E-state index in [0.717, 1.165) is 13.1 Å². The van der Waals surface area contributed by atoms with Gasteiger partial charge in [-0.2, -0.15) is 0 Å². The number of benzene rings is 2. The maximum absolute atomic E-state index is 14.1. The van der Waals surface area contributed by atoms with Crippen molar-refractivity contribution in [2.45, 2.75) is 6.04 Å². The lowest BCUT2D eigenvalue weighted by Gasteiger charge is -2.31. The molecular formula is C24H25FN2O5. The molecule has 0 bridgehead atoms. The number of likely N-dealkylation sites (tertiary alicyclic amines) is 1. The van der Waals surface area contributed by atoms with Crippen molar-refractivity contribution in [1.82, 2.24) is 9.80 Å². The number of hydrogen-bond donors (Lipinski definition) is 1. The minimum atomic E-state index is -0.881. The summed E-state index contributed by atoms with van der Waals surface area (Å²) >= 11 is 0. The summed E-state index contributed by atoms with van der Waals surface area (Å²) in [6.45, 7) is 3.52. The maximum Gasteiger partial charge on any atom is 0.295 e. The quantitative estimate of drug-likeness (QED) is 0.423. The van der Waals surface area contributed by atoms with Gasteiger partial charge in [-0.05, 0) is 42.0 Å². The first-order chi connectivity index (χ1) is 15.5. The van der Waals surface area contributed by atoms with Crippen molar-refractivity contribution >= 4 is 17.4 Å². The first kappa shape index (κ1) is 22.0. The monoisotopic (exact) mass is 440 g/mol. The number of ketones is 1. The van der Waals surface area contributed by atoms with Crippen LogP contribution in [0.1, 0.15) is 17.2 Å². The fourth-order valence-corrected chi connectivity index (χ4v) is 4.11. The molecule has 0 saturated carbocycles. The Morgan fingerprint density at radius 1 is 1.12 bits per heavy atom. The number of carbonyl (C=O) groups is 2. The van der Waals surface area contributed by atoms with Crippen molar-refractivity contribution in [1.29, 1.82) is 0 Å². The van der Waals surface area contributed by atoms with Gasteiger partial charge in [0.1, 0.15) is 17.3 Å². The van der Waals surface area contributed by atoms with Crippen LogP contribution in [-0.2, 0) is 14.3 Å². The predicted octanol–water partition coefficient (Wildman–Crippen LogP) is 2.59. The van der Waals surface area contributed by atoms with E-state index in [1.54, 1.807) is 30.3 Å². The van der Waals surface area contributed by atoms with Gasteiger partial charge in [0.2, 0.25) is 0 Å². The van der Waals surface area contributed by atoms with E-state index in [9.17, 15) is 19.1 Å². The molecule has 0 aliphatic carbocycles. The van der Waals surface area contributed by atoms with Gasteiger partial charge in [-0.25, -0.2) is 4.39 Å². The SMILES string of the molecule is COc1ccc(/C(O)=C2\C(=O)C(=O)N(CCN3CCOCC3)[C@@H]2c2cccc(F)c2)cc1. The number of halogens is 1. The zero-order chi connectivity index (χ0) is 22.7. The minimum absolute atomic E-state index is 0.0484. The first-order valence-electron chi connectivity index (χ1n) is 10.5. The zero-order valence-electron chi connectivity index (χ0n) is 17.8. The van der Waals surface area contributed by atoms with Crippen LogP contribution in [0.5, 0.6) is 5.75 Å². The molecule has 7 nitrogen and oxygen atoms in total. The highest BCUT2D eigenvalue weighted by Gasteiger charge is 2.46. The number of aliphatic hydroxyl groups excluding tert-OH is 1. The summed E-state index contributed by atoms with van der Waals surface area (Å²) in [5, 5.41) is 11.0. The lowest BCUT2D eigenvalue weighted by molar-refractivity contribution is -0.140. The Morgan fingerprint density at radius 3 is 2.50 bits per heavy atom. The van der Waals surface area contributed by atoms with Gasteiger partial charge in [-0.15, -0.1) is 0 Å². The van der Waals surface area contributed by atoms with E-state index >= 15 is 0 Å². The Kier molecular flexibility index (Phi) is 6.53. The number of aliphatic hydroxyl groups is 1. The standard InChI is InChI=1S/C24H25FN2O5/c1-31-19-7-5-16(6-8-19)22(28)20-21(17-3-2-4-18(25)15-17)27(24(30)23(20)29)10-9-26-11-13-32-14-12-26/h2-8,15,21,28H,9-14H2,1H3/b22-20+/t21-/m1/s1. The normalized spacial score (nSPS) is 21.2. The van der Waals surface area contributed by atoms with Gasteiger partial charge >= 0.3 is 0 Å². The van der Waals surface area contributed by atoms with E-state index in [2.05, 4.69) is 4.90 Å². The Bertz CT molecular complexity index is 1030. The number of nitrogens with zero attached hydrogens (tertiary/aromatic N) is 2. The molecule has 2 aliphatic heterocycles. The average Bonchev–Trinajstić information content (AvgIpc) is 3.08. The van der Waals surface area contributed by atoms with Crippen LogP contribution in [0.25, 0.3) is 5.76 Å². The first-order valence-corrected chi connectivity index (χ1v) is 10.5. The molecule has 0 aromatic heterocycles. The fraction of sp³-hybridized carbons (Fsp3) is 0.333. The molecule has 2 aliphatic rings. The predicted molar refractivity (Wildman–Crippen MR) is 116 cm³/mol. The van der Waals surface area contributed by atoms with Crippen molar-refractivity contribution in [2.75, 3.05) is 46.5 Å². The number of rotatable bonds is 6. The molecule has 2 aromatic rings. The van der Waals surface area contributed by atoms with E-state index in [-0.39, 0.29) is 17.9 Å². The third kappa shape index (κ3) is 4.37. The summed E-state index contributed by atoms with van der Waals surface area (Å²) in [5.41, 5.74) is 0.757. The number of morpholine rings is 1. The molecule has 0 spiro atoms. The lowest BCUT2D eigenvalue weighted by atomic mass is 9.95. The molecule has 2 saturated heterocycles. The van der Waals surface area contributed by atoms with E-state index in [0.29, 0.717) is 36.6 Å². The van der Waals surface area contributed by atoms with Crippen molar-refractivity contribution in [3.05, 3.63) is 71.0 Å². The van der Waals surface area contributed by atoms with E-state index in [1.807, 2.05) is 0 Å². The molecule has 2 aromatic carbocycles. The highest BCUT2D eigenvalue weighted by atomic mass is 19.1. The molecule has 0 unspecified atom stereocenters. The minimum Gasteiger partial charge on any atom is -0.507 e. The number of Topliss-reactive ketones (excluding diaryl/α,β-unsaturated/α-hetero) is 1. The average molecular weight is 440 g/mol. The molecule has 1 amide bonds.